The van der Waals surface area contributed by atoms with Crippen molar-refractivity contribution in [3.63, 3.8) is 0 Å². The first-order valence-corrected chi connectivity index (χ1v) is 11.8. The molecule has 0 saturated carbocycles. The van der Waals surface area contributed by atoms with Crippen LogP contribution in [-0.4, -0.2) is 49.1 Å². The van der Waals surface area contributed by atoms with Crippen molar-refractivity contribution in [2.75, 3.05) is 37.7 Å². The van der Waals surface area contributed by atoms with Crippen molar-refractivity contribution < 1.29 is 5.11 Å². The maximum atomic E-state index is 9.37. The second-order valence-corrected chi connectivity index (χ2v) is 8.47. The quantitative estimate of drug-likeness (QED) is 0.199. The third-order valence-electron chi connectivity index (χ3n) is 6.34. The van der Waals surface area contributed by atoms with E-state index in [9.17, 15) is 5.11 Å². The van der Waals surface area contributed by atoms with E-state index in [1.54, 1.807) is 0 Å². The Morgan fingerprint density at radius 3 is 1.88 bits per heavy atom. The van der Waals surface area contributed by atoms with Crippen molar-refractivity contribution in [2.45, 2.75) is 19.3 Å². The SMILES string of the molecule is N=CN1CCN(c2ccc(/C(=C(/CCCCO)c3ccccc3)c3ccccc3)cc2)CC1. The van der Waals surface area contributed by atoms with E-state index in [-0.39, 0.29) is 6.61 Å². The van der Waals surface area contributed by atoms with Crippen LogP contribution in [-0.2, 0) is 0 Å². The molecular formula is C29H33N3O. The van der Waals surface area contributed by atoms with Gasteiger partial charge in [-0.2, -0.15) is 0 Å². The van der Waals surface area contributed by atoms with Crippen LogP contribution in [0.5, 0.6) is 0 Å². The summed E-state index contributed by atoms with van der Waals surface area (Å²) in [5, 5.41) is 16.8. The Morgan fingerprint density at radius 1 is 0.727 bits per heavy atom. The van der Waals surface area contributed by atoms with Crippen molar-refractivity contribution in [1.82, 2.24) is 4.90 Å². The van der Waals surface area contributed by atoms with E-state index in [0.29, 0.717) is 0 Å². The van der Waals surface area contributed by atoms with Gasteiger partial charge in [-0.05, 0) is 59.2 Å². The number of rotatable bonds is 9. The van der Waals surface area contributed by atoms with Gasteiger partial charge in [0.15, 0.2) is 0 Å². The lowest BCUT2D eigenvalue weighted by atomic mass is 9.87. The molecule has 0 bridgehead atoms. The smallest absolute Gasteiger partial charge is 0.0818 e. The van der Waals surface area contributed by atoms with Crippen molar-refractivity contribution in [2.24, 2.45) is 0 Å². The summed E-state index contributed by atoms with van der Waals surface area (Å²) < 4.78 is 0. The fourth-order valence-electron chi connectivity index (χ4n) is 4.53. The molecule has 1 fully saturated rings. The van der Waals surface area contributed by atoms with Crippen molar-refractivity contribution in [3.8, 4) is 0 Å². The van der Waals surface area contributed by atoms with Gasteiger partial charge >= 0.3 is 0 Å². The topological polar surface area (TPSA) is 50.6 Å². The molecule has 0 amide bonds. The highest BCUT2D eigenvalue weighted by Crippen LogP contribution is 2.36. The molecule has 0 aromatic heterocycles. The summed E-state index contributed by atoms with van der Waals surface area (Å²) in [6, 6.07) is 30.2. The predicted octanol–water partition coefficient (Wildman–Crippen LogP) is 5.54. The van der Waals surface area contributed by atoms with Crippen LogP contribution in [0.3, 0.4) is 0 Å². The molecule has 1 aliphatic rings. The summed E-state index contributed by atoms with van der Waals surface area (Å²) in [5.74, 6) is 0. The van der Waals surface area contributed by atoms with E-state index in [0.717, 1.165) is 45.4 Å². The molecule has 1 saturated heterocycles. The molecule has 0 aliphatic carbocycles. The minimum atomic E-state index is 0.225. The molecule has 0 spiro atoms. The van der Waals surface area contributed by atoms with Gasteiger partial charge < -0.3 is 14.9 Å². The Balaban J connectivity index is 1.73. The van der Waals surface area contributed by atoms with E-state index in [1.165, 1.54) is 39.9 Å². The van der Waals surface area contributed by atoms with Gasteiger partial charge in [0.25, 0.3) is 0 Å². The number of nitrogens with zero attached hydrogens (tertiary/aromatic N) is 2. The van der Waals surface area contributed by atoms with Gasteiger partial charge in [-0.25, -0.2) is 0 Å². The van der Waals surface area contributed by atoms with Crippen LogP contribution < -0.4 is 4.90 Å². The minimum Gasteiger partial charge on any atom is -0.396 e. The number of hydrogen-bond acceptors (Lipinski definition) is 3. The van der Waals surface area contributed by atoms with Crippen LogP contribution in [0.1, 0.15) is 36.0 Å². The Bertz CT molecular complexity index is 1040. The van der Waals surface area contributed by atoms with Crippen LogP contribution in [0.15, 0.2) is 84.9 Å². The summed E-state index contributed by atoms with van der Waals surface area (Å²) in [5.41, 5.74) is 7.49. The first-order chi connectivity index (χ1) is 16.3. The van der Waals surface area contributed by atoms with Crippen molar-refractivity contribution >= 4 is 23.2 Å². The summed E-state index contributed by atoms with van der Waals surface area (Å²) >= 11 is 0. The Kier molecular flexibility index (Phi) is 7.94. The molecule has 0 unspecified atom stereocenters. The average molecular weight is 440 g/mol. The maximum Gasteiger partial charge on any atom is 0.0818 e. The number of benzene rings is 3. The molecule has 0 radical (unpaired) electrons. The highest BCUT2D eigenvalue weighted by atomic mass is 16.2. The lowest BCUT2D eigenvalue weighted by Crippen LogP contribution is -2.45. The number of nitrogens with one attached hydrogen (secondary N) is 1. The lowest BCUT2D eigenvalue weighted by Gasteiger charge is -2.35. The Labute approximate surface area is 197 Å². The van der Waals surface area contributed by atoms with Gasteiger partial charge in [0.2, 0.25) is 0 Å². The lowest BCUT2D eigenvalue weighted by molar-refractivity contribution is 0.285. The number of anilines is 1. The number of aliphatic hydroxyl groups is 1. The number of aliphatic hydroxyl groups excluding tert-OH is 1. The zero-order valence-corrected chi connectivity index (χ0v) is 19.2. The second kappa shape index (κ2) is 11.5. The molecule has 170 valence electrons. The van der Waals surface area contributed by atoms with Crippen LogP contribution in [0.4, 0.5) is 5.69 Å². The summed E-state index contributed by atoms with van der Waals surface area (Å²) in [6.07, 6.45) is 4.12. The molecule has 1 heterocycles. The second-order valence-electron chi connectivity index (χ2n) is 8.47. The first-order valence-electron chi connectivity index (χ1n) is 11.8. The fraction of sp³-hybridized carbons (Fsp3) is 0.276. The zero-order valence-electron chi connectivity index (χ0n) is 19.2. The average Bonchev–Trinajstić information content (AvgIpc) is 2.90. The van der Waals surface area contributed by atoms with Gasteiger partial charge in [-0.3, -0.25) is 5.41 Å². The van der Waals surface area contributed by atoms with E-state index in [4.69, 9.17) is 5.41 Å². The fourth-order valence-corrected chi connectivity index (χ4v) is 4.53. The molecular weight excluding hydrogens is 406 g/mol. The van der Waals surface area contributed by atoms with Gasteiger partial charge in [0, 0.05) is 38.5 Å². The molecule has 3 aromatic rings. The highest BCUT2D eigenvalue weighted by Gasteiger charge is 2.17. The zero-order chi connectivity index (χ0) is 22.9. The van der Waals surface area contributed by atoms with Crippen LogP contribution in [0, 0.1) is 5.41 Å². The predicted molar refractivity (Wildman–Crippen MR) is 139 cm³/mol. The Hall–Kier alpha value is -3.37. The molecule has 4 nitrogen and oxygen atoms in total. The number of hydrogen-bond donors (Lipinski definition) is 2. The minimum absolute atomic E-state index is 0.225. The van der Waals surface area contributed by atoms with Gasteiger partial charge in [0.05, 0.1) is 6.34 Å². The van der Waals surface area contributed by atoms with Gasteiger partial charge in [0.1, 0.15) is 0 Å². The molecule has 3 aromatic carbocycles. The largest absolute Gasteiger partial charge is 0.396 e. The highest BCUT2D eigenvalue weighted by molar-refractivity contribution is 5.98. The third-order valence-corrected chi connectivity index (χ3v) is 6.34. The van der Waals surface area contributed by atoms with Gasteiger partial charge in [-0.1, -0.05) is 72.8 Å². The normalized spacial score (nSPS) is 14.7. The Morgan fingerprint density at radius 2 is 1.30 bits per heavy atom. The molecule has 1 aliphatic heterocycles. The third kappa shape index (κ3) is 5.71. The van der Waals surface area contributed by atoms with Crippen LogP contribution in [0.2, 0.25) is 0 Å². The molecule has 4 heteroatoms. The monoisotopic (exact) mass is 439 g/mol. The summed E-state index contributed by atoms with van der Waals surface area (Å²) in [7, 11) is 0. The van der Waals surface area contributed by atoms with E-state index in [1.807, 2.05) is 0 Å². The standard InChI is InChI=1S/C29H33N3O/c30-23-31-18-20-32(21-19-31)27-16-14-26(15-17-27)29(25-11-5-2-6-12-25)28(13-7-8-22-33)24-9-3-1-4-10-24/h1-6,9-12,14-17,23,30,33H,7-8,13,18-22H2/b29-28-,30-23?. The summed E-state index contributed by atoms with van der Waals surface area (Å²) in [6.45, 7) is 3.88. The van der Waals surface area contributed by atoms with E-state index >= 15 is 0 Å². The first kappa shape index (κ1) is 22.8. The molecule has 2 N–H and O–H groups in total. The van der Waals surface area contributed by atoms with Crippen molar-refractivity contribution in [1.29, 1.82) is 5.41 Å². The van der Waals surface area contributed by atoms with Gasteiger partial charge in [-0.15, -0.1) is 0 Å². The molecule has 0 atom stereocenters. The maximum absolute atomic E-state index is 9.37. The van der Waals surface area contributed by atoms with E-state index < -0.39 is 0 Å². The number of unbranched alkanes of at least 4 members (excludes halogenated alkanes) is 1. The summed E-state index contributed by atoms with van der Waals surface area (Å²) in [4.78, 5) is 4.45. The number of allylic oxidation sites excluding steroid dienone is 1. The molecule has 4 rings (SSSR count). The number of piperazine rings is 1. The van der Waals surface area contributed by atoms with Crippen LogP contribution >= 0.6 is 0 Å². The van der Waals surface area contributed by atoms with Crippen molar-refractivity contribution in [3.05, 3.63) is 102 Å². The molecule has 33 heavy (non-hydrogen) atoms. The van der Waals surface area contributed by atoms with Crippen LogP contribution in [0.25, 0.3) is 11.1 Å². The van der Waals surface area contributed by atoms with E-state index in [2.05, 4.69) is 94.7 Å².